The van der Waals surface area contributed by atoms with E-state index in [1.807, 2.05) is 12.1 Å². The van der Waals surface area contributed by atoms with Crippen molar-refractivity contribution in [1.29, 1.82) is 0 Å². The van der Waals surface area contributed by atoms with Gasteiger partial charge in [-0.3, -0.25) is 4.79 Å². The van der Waals surface area contributed by atoms with Crippen LogP contribution in [0.3, 0.4) is 0 Å². The average molecular weight is 290 g/mol. The molecule has 15 heavy (non-hydrogen) atoms. The van der Waals surface area contributed by atoms with Gasteiger partial charge in [-0.1, -0.05) is 0 Å². The molecule has 1 heterocycles. The summed E-state index contributed by atoms with van der Waals surface area (Å²) in [6.07, 6.45) is 1.71. The second-order valence-corrected chi connectivity index (χ2v) is 4.71. The number of halogens is 1. The Labute approximate surface area is 101 Å². The highest BCUT2D eigenvalue weighted by Crippen LogP contribution is 2.24. The summed E-state index contributed by atoms with van der Waals surface area (Å²) in [5.74, 6) is 0.221. The molecule has 0 aliphatic rings. The molecule has 1 unspecified atom stereocenters. The van der Waals surface area contributed by atoms with Crippen LogP contribution in [0.5, 0.6) is 0 Å². The minimum atomic E-state index is -0.350. The first kappa shape index (κ1) is 12.5. The minimum Gasteiger partial charge on any atom is -0.368 e. The van der Waals surface area contributed by atoms with Crippen LogP contribution in [0.4, 0.5) is 0 Å². The first-order chi connectivity index (χ1) is 7.15. The van der Waals surface area contributed by atoms with E-state index in [2.05, 4.69) is 26.2 Å². The van der Waals surface area contributed by atoms with Crippen molar-refractivity contribution in [3.8, 4) is 0 Å². The van der Waals surface area contributed by atoms with E-state index >= 15 is 0 Å². The molecular formula is C9H12BrN3OS. The molecule has 1 aromatic heterocycles. The van der Waals surface area contributed by atoms with E-state index in [0.717, 1.165) is 9.50 Å². The number of nitrogens with two attached hydrogens (primary N) is 1. The molecule has 1 rings (SSSR count). The number of nitrogens with one attached hydrogen (secondary N) is 1. The molecule has 0 radical (unpaired) electrons. The Kier molecular flexibility index (Phi) is 5.07. The number of carbonyl (C=O) groups is 1. The predicted molar refractivity (Wildman–Crippen MR) is 64.7 cm³/mol. The zero-order valence-corrected chi connectivity index (χ0v) is 10.6. The van der Waals surface area contributed by atoms with Crippen LogP contribution in [0.15, 0.2) is 27.8 Å². The molecule has 0 aliphatic heterocycles. The van der Waals surface area contributed by atoms with Crippen molar-refractivity contribution >= 4 is 33.6 Å². The molecule has 3 N–H and O–H groups in total. The number of amides is 1. The monoisotopic (exact) mass is 289 g/mol. The second kappa shape index (κ2) is 6.09. The Morgan fingerprint density at radius 1 is 1.80 bits per heavy atom. The van der Waals surface area contributed by atoms with Gasteiger partial charge in [0.05, 0.1) is 6.04 Å². The van der Waals surface area contributed by atoms with Crippen molar-refractivity contribution in [3.63, 3.8) is 0 Å². The lowest BCUT2D eigenvalue weighted by Gasteiger charge is -2.11. The third kappa shape index (κ3) is 3.81. The van der Waals surface area contributed by atoms with Gasteiger partial charge in [-0.2, -0.15) is 0 Å². The summed E-state index contributed by atoms with van der Waals surface area (Å²) in [6, 6.07) is 3.43. The van der Waals surface area contributed by atoms with Crippen LogP contribution >= 0.6 is 27.7 Å². The van der Waals surface area contributed by atoms with Crippen LogP contribution in [-0.2, 0) is 4.79 Å². The number of rotatable bonds is 5. The second-order valence-electron chi connectivity index (χ2n) is 2.85. The van der Waals surface area contributed by atoms with Crippen LogP contribution < -0.4 is 11.1 Å². The molecule has 0 saturated heterocycles. The average Bonchev–Trinajstić information content (AvgIpc) is 2.21. The molecule has 0 saturated carbocycles. The van der Waals surface area contributed by atoms with Gasteiger partial charge >= 0.3 is 0 Å². The lowest BCUT2D eigenvalue weighted by Crippen LogP contribution is -2.41. The van der Waals surface area contributed by atoms with Crippen LogP contribution in [0.1, 0.15) is 0 Å². The van der Waals surface area contributed by atoms with E-state index in [9.17, 15) is 4.79 Å². The van der Waals surface area contributed by atoms with Crippen molar-refractivity contribution in [2.75, 3.05) is 12.8 Å². The van der Waals surface area contributed by atoms with Crippen molar-refractivity contribution in [2.45, 2.75) is 11.1 Å². The summed E-state index contributed by atoms with van der Waals surface area (Å²) in [5, 5.41) is 3.71. The highest BCUT2D eigenvalue weighted by molar-refractivity contribution is 9.10. The molecule has 0 spiro atoms. The lowest BCUT2D eigenvalue weighted by molar-refractivity contribution is -0.119. The third-order valence-electron chi connectivity index (χ3n) is 1.80. The Hall–Kier alpha value is -0.590. The van der Waals surface area contributed by atoms with Gasteiger partial charge in [0.25, 0.3) is 0 Å². The number of thioether (sulfide) groups is 1. The van der Waals surface area contributed by atoms with Crippen LogP contribution in [0.2, 0.25) is 0 Å². The van der Waals surface area contributed by atoms with Gasteiger partial charge in [-0.25, -0.2) is 4.98 Å². The zero-order valence-electron chi connectivity index (χ0n) is 8.24. The molecule has 0 bridgehead atoms. The standard InChI is InChI=1S/C9H12BrN3OS/c1-12-7(8(11)14)5-15-9-6(10)3-2-4-13-9/h2-4,7,12H,5H2,1H3,(H2,11,14). The Balaban J connectivity index is 2.56. The quantitative estimate of drug-likeness (QED) is 0.794. The largest absolute Gasteiger partial charge is 0.368 e. The number of likely N-dealkylation sites (N-methyl/N-ethyl adjacent to an activating group) is 1. The molecule has 1 atom stereocenters. The molecule has 4 nitrogen and oxygen atoms in total. The summed E-state index contributed by atoms with van der Waals surface area (Å²) >= 11 is 4.87. The molecule has 82 valence electrons. The van der Waals surface area contributed by atoms with E-state index in [1.165, 1.54) is 11.8 Å². The van der Waals surface area contributed by atoms with Crippen molar-refractivity contribution in [2.24, 2.45) is 5.73 Å². The van der Waals surface area contributed by atoms with Gasteiger partial charge in [0.2, 0.25) is 5.91 Å². The first-order valence-corrected chi connectivity index (χ1v) is 6.13. The predicted octanol–water partition coefficient (Wildman–Crippen LogP) is 1.01. The van der Waals surface area contributed by atoms with E-state index in [1.54, 1.807) is 13.2 Å². The molecule has 0 fully saturated rings. The summed E-state index contributed by atoms with van der Waals surface area (Å²) in [6.45, 7) is 0. The van der Waals surface area contributed by atoms with Gasteiger partial charge in [0.15, 0.2) is 0 Å². The lowest BCUT2D eigenvalue weighted by atomic mass is 10.3. The molecule has 1 amide bonds. The van der Waals surface area contributed by atoms with Crippen LogP contribution in [-0.4, -0.2) is 29.7 Å². The number of primary amides is 1. The fourth-order valence-corrected chi connectivity index (χ4v) is 2.54. The van der Waals surface area contributed by atoms with Crippen LogP contribution in [0, 0.1) is 0 Å². The highest BCUT2D eigenvalue weighted by atomic mass is 79.9. The van der Waals surface area contributed by atoms with Gasteiger partial charge in [0, 0.05) is 16.4 Å². The SMILES string of the molecule is CNC(CSc1ncccc1Br)C(N)=O. The fraction of sp³-hybridized carbons (Fsp3) is 0.333. The molecule has 0 aromatic carbocycles. The maximum Gasteiger partial charge on any atom is 0.235 e. The summed E-state index contributed by atoms with van der Waals surface area (Å²) < 4.78 is 0.925. The Morgan fingerprint density at radius 2 is 2.53 bits per heavy atom. The van der Waals surface area contributed by atoms with E-state index in [0.29, 0.717) is 5.75 Å². The topological polar surface area (TPSA) is 68.0 Å². The van der Waals surface area contributed by atoms with Gasteiger partial charge in [-0.05, 0) is 35.1 Å². The smallest absolute Gasteiger partial charge is 0.235 e. The summed E-state index contributed by atoms with van der Waals surface area (Å²) in [7, 11) is 1.71. The number of hydrogen-bond acceptors (Lipinski definition) is 4. The first-order valence-electron chi connectivity index (χ1n) is 4.35. The van der Waals surface area contributed by atoms with Crippen molar-refractivity contribution in [3.05, 3.63) is 22.8 Å². The van der Waals surface area contributed by atoms with Crippen molar-refractivity contribution in [1.82, 2.24) is 10.3 Å². The van der Waals surface area contributed by atoms with Crippen LogP contribution in [0.25, 0.3) is 0 Å². The number of pyridine rings is 1. The van der Waals surface area contributed by atoms with Gasteiger partial charge in [-0.15, -0.1) is 11.8 Å². The maximum atomic E-state index is 11.0. The maximum absolute atomic E-state index is 11.0. The summed E-state index contributed by atoms with van der Waals surface area (Å²) in [5.41, 5.74) is 5.20. The Bertz CT molecular complexity index is 348. The van der Waals surface area contributed by atoms with E-state index < -0.39 is 0 Å². The number of hydrogen-bond donors (Lipinski definition) is 2. The zero-order chi connectivity index (χ0) is 11.3. The van der Waals surface area contributed by atoms with E-state index in [-0.39, 0.29) is 11.9 Å². The fourth-order valence-electron chi connectivity index (χ4n) is 0.947. The van der Waals surface area contributed by atoms with Crippen molar-refractivity contribution < 1.29 is 4.79 Å². The molecule has 0 aliphatic carbocycles. The highest BCUT2D eigenvalue weighted by Gasteiger charge is 2.13. The molecule has 6 heteroatoms. The van der Waals surface area contributed by atoms with Gasteiger partial charge < -0.3 is 11.1 Å². The normalized spacial score (nSPS) is 12.4. The minimum absolute atomic E-state index is 0.330. The summed E-state index contributed by atoms with van der Waals surface area (Å²) in [4.78, 5) is 15.1. The molecular weight excluding hydrogens is 278 g/mol. The number of aromatic nitrogens is 1. The number of carbonyl (C=O) groups excluding carboxylic acids is 1. The third-order valence-corrected chi connectivity index (χ3v) is 3.80. The van der Waals surface area contributed by atoms with Gasteiger partial charge in [0.1, 0.15) is 5.03 Å². The Morgan fingerprint density at radius 3 is 3.07 bits per heavy atom. The molecule has 1 aromatic rings. The van der Waals surface area contributed by atoms with E-state index in [4.69, 9.17) is 5.73 Å². The number of nitrogens with zero attached hydrogens (tertiary/aromatic N) is 1.